The molecular formula is C33H38N2O9. The van der Waals surface area contributed by atoms with Gasteiger partial charge in [-0.15, -0.1) is 0 Å². The van der Waals surface area contributed by atoms with Crippen molar-refractivity contribution in [1.29, 1.82) is 0 Å². The number of likely N-dealkylation sites (tertiary alicyclic amines) is 1. The molecule has 0 aliphatic carbocycles. The van der Waals surface area contributed by atoms with Gasteiger partial charge in [0, 0.05) is 26.6 Å². The molecule has 2 heterocycles. The van der Waals surface area contributed by atoms with Crippen LogP contribution in [0.3, 0.4) is 0 Å². The predicted molar refractivity (Wildman–Crippen MR) is 158 cm³/mol. The van der Waals surface area contributed by atoms with E-state index in [1.54, 1.807) is 4.90 Å². The highest BCUT2D eigenvalue weighted by Crippen LogP contribution is 2.31. The molecular weight excluding hydrogens is 568 g/mol. The topological polar surface area (TPSA) is 149 Å². The second-order valence-corrected chi connectivity index (χ2v) is 11.1. The number of carbonyl (C=O) groups excluding carboxylic acids is 1. The Morgan fingerprint density at radius 2 is 1.41 bits per heavy atom. The van der Waals surface area contributed by atoms with Gasteiger partial charge in [0.2, 0.25) is 12.2 Å². The van der Waals surface area contributed by atoms with Gasteiger partial charge in [0.15, 0.2) is 6.29 Å². The first-order valence-electron chi connectivity index (χ1n) is 14.6. The van der Waals surface area contributed by atoms with Crippen molar-refractivity contribution in [3.05, 3.63) is 108 Å². The Kier molecular flexibility index (Phi) is 10.3. The number of ether oxygens (including phenoxy) is 3. The average molecular weight is 607 g/mol. The Labute approximate surface area is 255 Å². The lowest BCUT2D eigenvalue weighted by atomic mass is 9.89. The third-order valence-corrected chi connectivity index (χ3v) is 8.24. The number of aliphatic hydroxyl groups is 3. The van der Waals surface area contributed by atoms with Crippen LogP contribution >= 0.6 is 0 Å². The van der Waals surface area contributed by atoms with Gasteiger partial charge in [-0.05, 0) is 23.1 Å². The number of hydrogen-bond acceptors (Lipinski definition) is 9. The quantitative estimate of drug-likeness (QED) is 0.254. The van der Waals surface area contributed by atoms with Crippen molar-refractivity contribution in [2.75, 3.05) is 20.1 Å². The summed E-state index contributed by atoms with van der Waals surface area (Å²) in [7, 11) is 1.81. The van der Waals surface area contributed by atoms with E-state index < -0.39 is 49.1 Å². The molecule has 0 spiro atoms. The fraction of sp³-hybridized carbons (Fsp3) is 0.394. The second-order valence-electron chi connectivity index (χ2n) is 11.1. The number of rotatable bonds is 10. The van der Waals surface area contributed by atoms with Crippen molar-refractivity contribution in [1.82, 2.24) is 9.80 Å². The average Bonchev–Trinajstić information content (AvgIpc) is 3.50. The summed E-state index contributed by atoms with van der Waals surface area (Å²) in [5, 5.41) is 39.8. The molecule has 0 aromatic heterocycles. The molecule has 2 aliphatic heterocycles. The van der Waals surface area contributed by atoms with Gasteiger partial charge >= 0.3 is 6.16 Å². The molecule has 4 N–H and O–H groups in total. The van der Waals surface area contributed by atoms with Crippen LogP contribution in [0.15, 0.2) is 91.0 Å². The van der Waals surface area contributed by atoms with E-state index in [1.165, 1.54) is 0 Å². The van der Waals surface area contributed by atoms with Crippen molar-refractivity contribution in [2.45, 2.75) is 61.9 Å². The molecule has 2 aliphatic rings. The number of hydrogen-bond donors (Lipinski definition) is 4. The first kappa shape index (κ1) is 31.6. The number of likely N-dealkylation sites (N-methyl/N-ethyl adjacent to an activating group) is 1. The van der Waals surface area contributed by atoms with Gasteiger partial charge in [0.05, 0.1) is 18.2 Å². The maximum Gasteiger partial charge on any atom is 0.508 e. The van der Waals surface area contributed by atoms with Gasteiger partial charge in [-0.3, -0.25) is 9.69 Å². The summed E-state index contributed by atoms with van der Waals surface area (Å²) in [5.74, 6) is -0.579. The first-order chi connectivity index (χ1) is 21.2. The Morgan fingerprint density at radius 3 is 1.98 bits per heavy atom. The number of carbonyl (C=O) groups is 2. The molecule has 2 saturated heterocycles. The molecule has 3 aromatic rings. The number of nitrogens with zero attached hydrogens (tertiary/aromatic N) is 2. The van der Waals surface area contributed by atoms with Gasteiger partial charge in [0.1, 0.15) is 18.3 Å². The number of benzene rings is 3. The zero-order valence-corrected chi connectivity index (χ0v) is 24.3. The number of aliphatic hydroxyl groups excluding tert-OH is 3. The zero-order chi connectivity index (χ0) is 31.2. The lowest BCUT2D eigenvalue weighted by molar-refractivity contribution is -0.346. The van der Waals surface area contributed by atoms with Gasteiger partial charge in [0.25, 0.3) is 0 Å². The largest absolute Gasteiger partial charge is 0.508 e. The summed E-state index contributed by atoms with van der Waals surface area (Å²) in [6, 6.07) is 29.2. The highest BCUT2D eigenvalue weighted by molar-refractivity contribution is 5.87. The molecule has 0 saturated carbocycles. The van der Waals surface area contributed by atoms with Crippen molar-refractivity contribution >= 4 is 12.1 Å². The van der Waals surface area contributed by atoms with E-state index in [2.05, 4.69) is 9.64 Å². The summed E-state index contributed by atoms with van der Waals surface area (Å²) in [6.07, 6.45) is -9.77. The molecule has 3 aromatic carbocycles. The molecule has 11 heteroatoms. The van der Waals surface area contributed by atoms with Crippen molar-refractivity contribution < 1.29 is 44.2 Å². The van der Waals surface area contributed by atoms with E-state index >= 15 is 0 Å². The minimum absolute atomic E-state index is 0.0653. The van der Waals surface area contributed by atoms with Crippen LogP contribution in [-0.2, 0) is 25.4 Å². The van der Waals surface area contributed by atoms with Gasteiger partial charge < -0.3 is 39.5 Å². The second kappa shape index (κ2) is 14.3. The fourth-order valence-electron chi connectivity index (χ4n) is 5.91. The van der Waals surface area contributed by atoms with E-state index in [-0.39, 0.29) is 12.1 Å². The molecule has 234 valence electrons. The fourth-order valence-corrected chi connectivity index (χ4v) is 5.91. The minimum atomic E-state index is -1.78. The summed E-state index contributed by atoms with van der Waals surface area (Å²) in [4.78, 5) is 29.3. The third-order valence-electron chi connectivity index (χ3n) is 8.24. The highest BCUT2D eigenvalue weighted by atomic mass is 16.8. The monoisotopic (exact) mass is 606 g/mol. The van der Waals surface area contributed by atoms with Crippen LogP contribution in [0.4, 0.5) is 4.79 Å². The van der Waals surface area contributed by atoms with Crippen LogP contribution in [0, 0.1) is 0 Å². The molecule has 1 amide bonds. The lowest BCUT2D eigenvalue weighted by Gasteiger charge is -2.40. The van der Waals surface area contributed by atoms with E-state index in [9.17, 15) is 24.9 Å². The Balaban J connectivity index is 1.36. The van der Waals surface area contributed by atoms with Crippen LogP contribution in [-0.4, -0.2) is 106 Å². The van der Waals surface area contributed by atoms with Gasteiger partial charge in [-0.2, -0.15) is 0 Å². The number of carboxylic acid groups (broad SMARTS) is 1. The Hall–Kier alpha value is -3.84. The van der Waals surface area contributed by atoms with E-state index in [0.29, 0.717) is 25.9 Å². The molecule has 2 fully saturated rings. The van der Waals surface area contributed by atoms with Crippen molar-refractivity contribution in [3.63, 3.8) is 0 Å². The van der Waals surface area contributed by atoms with Crippen molar-refractivity contribution in [2.24, 2.45) is 0 Å². The van der Waals surface area contributed by atoms with Crippen LogP contribution < -0.4 is 0 Å². The van der Waals surface area contributed by atoms with Crippen molar-refractivity contribution in [3.8, 4) is 0 Å². The molecule has 0 bridgehead atoms. The standard InChI is InChI=1S/C33H38N2O9/c1-34(30(39)26(22-13-7-3-8-14-22)23-15-9-4-10-16-23)25(19-21-11-5-2-6-12-21)35-18-17-24(20-35)42-31-28(37)27(36)29(38)32(43-31)44-33(40)41/h2-16,24-29,31-32,36-38H,17-20H2,1H3,(H,40,41). The van der Waals surface area contributed by atoms with Crippen LogP contribution in [0.1, 0.15) is 29.0 Å². The molecule has 5 rings (SSSR count). The molecule has 11 nitrogen and oxygen atoms in total. The summed E-state index contributed by atoms with van der Waals surface area (Å²) in [6.45, 7) is 0.927. The predicted octanol–water partition coefficient (Wildman–Crippen LogP) is 2.40. The Bertz CT molecular complexity index is 1320. The smallest absolute Gasteiger partial charge is 0.450 e. The SMILES string of the molecule is CN(C(=O)C(c1ccccc1)c1ccccc1)C(Cc1ccccc1)N1CCC(OC2OC(OC(=O)O)C(O)C(O)C2O)C1. The molecule has 7 atom stereocenters. The van der Waals surface area contributed by atoms with E-state index in [0.717, 1.165) is 16.7 Å². The molecule has 7 unspecified atom stereocenters. The third kappa shape index (κ3) is 7.27. The minimum Gasteiger partial charge on any atom is -0.450 e. The maximum absolute atomic E-state index is 14.4. The normalized spacial score (nSPS) is 26.3. The summed E-state index contributed by atoms with van der Waals surface area (Å²) < 4.78 is 15.9. The molecule has 0 radical (unpaired) electrons. The van der Waals surface area contributed by atoms with Gasteiger partial charge in [-0.25, -0.2) is 4.79 Å². The van der Waals surface area contributed by atoms with Gasteiger partial charge in [-0.1, -0.05) is 91.0 Å². The van der Waals surface area contributed by atoms with Crippen LogP contribution in [0.25, 0.3) is 0 Å². The van der Waals surface area contributed by atoms with Crippen LogP contribution in [0.2, 0.25) is 0 Å². The number of amides is 1. The Morgan fingerprint density at radius 1 is 0.864 bits per heavy atom. The zero-order valence-electron chi connectivity index (χ0n) is 24.3. The summed E-state index contributed by atoms with van der Waals surface area (Å²) >= 11 is 0. The van der Waals surface area contributed by atoms with E-state index in [4.69, 9.17) is 14.6 Å². The van der Waals surface area contributed by atoms with E-state index in [1.807, 2.05) is 98.0 Å². The summed E-state index contributed by atoms with van der Waals surface area (Å²) in [5.41, 5.74) is 2.83. The lowest BCUT2D eigenvalue weighted by Crippen LogP contribution is -2.59. The highest BCUT2D eigenvalue weighted by Gasteiger charge is 2.48. The molecule has 44 heavy (non-hydrogen) atoms. The maximum atomic E-state index is 14.4. The first-order valence-corrected chi connectivity index (χ1v) is 14.6. The van der Waals surface area contributed by atoms with Crippen LogP contribution in [0.5, 0.6) is 0 Å².